The van der Waals surface area contributed by atoms with Crippen molar-refractivity contribution in [1.29, 1.82) is 0 Å². The Balaban J connectivity index is 1.56. The number of methoxy groups -OCH3 is 1. The van der Waals surface area contributed by atoms with Crippen LogP contribution in [0.2, 0.25) is 0 Å². The van der Waals surface area contributed by atoms with Crippen LogP contribution < -0.4 is 20.1 Å². The smallest absolute Gasteiger partial charge is 0.262 e. The number of hydrogen-bond acceptors (Lipinski definition) is 5. The molecule has 3 N–H and O–H groups in total. The van der Waals surface area contributed by atoms with Gasteiger partial charge >= 0.3 is 0 Å². The zero-order chi connectivity index (χ0) is 23.7. The zero-order valence-electron chi connectivity index (χ0n) is 18.1. The van der Waals surface area contributed by atoms with Crippen LogP contribution in [0.15, 0.2) is 83.8 Å². The quantitative estimate of drug-likeness (QED) is 0.424. The van der Waals surface area contributed by atoms with Gasteiger partial charge in [-0.05, 0) is 35.9 Å². The summed E-state index contributed by atoms with van der Waals surface area (Å²) >= 11 is 0. The fraction of sp³-hybridized carbons (Fsp3) is 0.167. The number of carbonyl (C=O) groups is 2. The van der Waals surface area contributed by atoms with E-state index in [1.807, 2.05) is 30.3 Å². The molecule has 0 aliphatic carbocycles. The molecular weight excluding hydrogens is 442 g/mol. The number of carbonyl (C=O) groups excluding carboxylic acids is 2. The van der Waals surface area contributed by atoms with E-state index in [0.717, 1.165) is 5.56 Å². The largest absolute Gasteiger partial charge is 0.495 e. The second-order valence-corrected chi connectivity index (χ2v) is 8.78. The van der Waals surface area contributed by atoms with Gasteiger partial charge in [-0.2, -0.15) is 0 Å². The van der Waals surface area contributed by atoms with Gasteiger partial charge in [-0.1, -0.05) is 48.5 Å². The molecule has 33 heavy (non-hydrogen) atoms. The molecule has 0 atom stereocenters. The third-order valence-corrected chi connectivity index (χ3v) is 6.09. The molecule has 0 bridgehead atoms. The van der Waals surface area contributed by atoms with Gasteiger partial charge in [0.2, 0.25) is 5.91 Å². The Kier molecular flexibility index (Phi) is 8.04. The van der Waals surface area contributed by atoms with Crippen LogP contribution >= 0.6 is 0 Å². The number of sulfonamides is 1. The Hall–Kier alpha value is -3.85. The summed E-state index contributed by atoms with van der Waals surface area (Å²) in [7, 11) is -2.50. The molecule has 0 fully saturated rings. The van der Waals surface area contributed by atoms with Crippen molar-refractivity contribution in [1.82, 2.24) is 10.6 Å². The predicted molar refractivity (Wildman–Crippen MR) is 125 cm³/mol. The summed E-state index contributed by atoms with van der Waals surface area (Å²) in [5.41, 5.74) is 1.44. The van der Waals surface area contributed by atoms with E-state index in [9.17, 15) is 18.0 Å². The lowest BCUT2D eigenvalue weighted by Gasteiger charge is -2.12. The summed E-state index contributed by atoms with van der Waals surface area (Å²) in [4.78, 5) is 24.4. The molecule has 9 heteroatoms. The Bertz CT molecular complexity index is 1210. The average Bonchev–Trinajstić information content (AvgIpc) is 2.83. The van der Waals surface area contributed by atoms with Crippen LogP contribution in [0.4, 0.5) is 5.69 Å². The van der Waals surface area contributed by atoms with E-state index in [0.29, 0.717) is 12.3 Å². The summed E-state index contributed by atoms with van der Waals surface area (Å²) in [6, 6.07) is 21.8. The molecule has 0 heterocycles. The Morgan fingerprint density at radius 3 is 2.36 bits per heavy atom. The van der Waals surface area contributed by atoms with Crippen molar-refractivity contribution in [3.05, 3.63) is 90.0 Å². The van der Waals surface area contributed by atoms with E-state index in [4.69, 9.17) is 4.74 Å². The first-order valence-electron chi connectivity index (χ1n) is 10.2. The molecule has 0 unspecified atom stereocenters. The summed E-state index contributed by atoms with van der Waals surface area (Å²) in [6.45, 7) is 0.530. The van der Waals surface area contributed by atoms with Crippen LogP contribution in [0.1, 0.15) is 22.3 Å². The molecule has 0 aliphatic heterocycles. The molecule has 8 nitrogen and oxygen atoms in total. The van der Waals surface area contributed by atoms with Crippen molar-refractivity contribution in [2.45, 2.75) is 17.9 Å². The summed E-state index contributed by atoms with van der Waals surface area (Å²) in [6.07, 6.45) is 0.103. The maximum atomic E-state index is 12.8. The van der Waals surface area contributed by atoms with E-state index in [2.05, 4.69) is 15.4 Å². The first-order valence-corrected chi connectivity index (χ1v) is 11.7. The number of para-hydroxylation sites is 2. The maximum Gasteiger partial charge on any atom is 0.262 e. The van der Waals surface area contributed by atoms with Crippen LogP contribution in [-0.2, 0) is 21.4 Å². The van der Waals surface area contributed by atoms with Crippen LogP contribution in [0.5, 0.6) is 5.75 Å². The molecule has 0 spiro atoms. The maximum absolute atomic E-state index is 12.8. The molecule has 0 saturated carbocycles. The topological polar surface area (TPSA) is 114 Å². The minimum absolute atomic E-state index is 0.0679. The molecule has 2 amide bonds. The first-order chi connectivity index (χ1) is 15.9. The second-order valence-electron chi connectivity index (χ2n) is 7.10. The van der Waals surface area contributed by atoms with Crippen LogP contribution in [0.3, 0.4) is 0 Å². The number of nitrogens with one attached hydrogen (secondary N) is 3. The van der Waals surface area contributed by atoms with Gasteiger partial charge < -0.3 is 15.4 Å². The molecule has 3 rings (SSSR count). The van der Waals surface area contributed by atoms with E-state index in [-0.39, 0.29) is 35.0 Å². The normalized spacial score (nSPS) is 10.8. The average molecular weight is 468 g/mol. The molecule has 3 aromatic carbocycles. The van der Waals surface area contributed by atoms with Gasteiger partial charge in [-0.25, -0.2) is 8.42 Å². The first kappa shape index (κ1) is 23.8. The van der Waals surface area contributed by atoms with Gasteiger partial charge in [-0.3, -0.25) is 14.3 Å². The zero-order valence-corrected chi connectivity index (χ0v) is 18.9. The van der Waals surface area contributed by atoms with Crippen molar-refractivity contribution >= 4 is 27.5 Å². The number of hydrogen-bond donors (Lipinski definition) is 3. The molecule has 0 saturated heterocycles. The van der Waals surface area contributed by atoms with Crippen molar-refractivity contribution in [3.8, 4) is 5.75 Å². The fourth-order valence-electron chi connectivity index (χ4n) is 3.01. The van der Waals surface area contributed by atoms with Crippen molar-refractivity contribution in [3.63, 3.8) is 0 Å². The van der Waals surface area contributed by atoms with Gasteiger partial charge in [0.15, 0.2) is 0 Å². The van der Waals surface area contributed by atoms with E-state index in [1.165, 1.54) is 31.4 Å². The molecule has 0 aromatic heterocycles. The Morgan fingerprint density at radius 2 is 1.61 bits per heavy atom. The standard InChI is InChI=1S/C24H25N3O5S/c1-32-22-13-6-5-12-21(22)27-33(30,31)20-11-7-10-19(16-20)24(29)25-15-14-23(28)26-17-18-8-3-2-4-9-18/h2-13,16,27H,14-15,17H2,1H3,(H,25,29)(H,26,28). The summed E-state index contributed by atoms with van der Waals surface area (Å²) < 4.78 is 33.2. The van der Waals surface area contributed by atoms with E-state index in [1.54, 1.807) is 24.3 Å². The molecule has 0 aliphatic rings. The Morgan fingerprint density at radius 1 is 0.879 bits per heavy atom. The minimum atomic E-state index is -3.94. The van der Waals surface area contributed by atoms with Crippen LogP contribution in [0.25, 0.3) is 0 Å². The lowest BCUT2D eigenvalue weighted by molar-refractivity contribution is -0.121. The number of benzene rings is 3. The molecule has 0 radical (unpaired) electrons. The monoisotopic (exact) mass is 467 g/mol. The van der Waals surface area contributed by atoms with E-state index < -0.39 is 15.9 Å². The third kappa shape index (κ3) is 6.81. The van der Waals surface area contributed by atoms with Gasteiger partial charge in [0, 0.05) is 25.1 Å². The van der Waals surface area contributed by atoms with Crippen LogP contribution in [0, 0.1) is 0 Å². The van der Waals surface area contributed by atoms with Crippen molar-refractivity contribution in [2.24, 2.45) is 0 Å². The highest BCUT2D eigenvalue weighted by atomic mass is 32.2. The minimum Gasteiger partial charge on any atom is -0.495 e. The lowest BCUT2D eigenvalue weighted by atomic mass is 10.2. The molecule has 3 aromatic rings. The molecular formula is C24H25N3O5S. The van der Waals surface area contributed by atoms with Gasteiger partial charge in [-0.15, -0.1) is 0 Å². The second kappa shape index (κ2) is 11.1. The number of rotatable bonds is 10. The fourth-order valence-corrected chi connectivity index (χ4v) is 4.13. The highest BCUT2D eigenvalue weighted by Gasteiger charge is 2.18. The predicted octanol–water partition coefficient (Wildman–Crippen LogP) is 2.93. The van der Waals surface area contributed by atoms with Gasteiger partial charge in [0.25, 0.3) is 15.9 Å². The summed E-state index contributed by atoms with van der Waals surface area (Å²) in [5.74, 6) is -0.294. The SMILES string of the molecule is COc1ccccc1NS(=O)(=O)c1cccc(C(=O)NCCC(=O)NCc2ccccc2)c1. The van der Waals surface area contributed by atoms with Gasteiger partial charge in [0.1, 0.15) is 5.75 Å². The summed E-state index contributed by atoms with van der Waals surface area (Å²) in [5, 5.41) is 5.43. The Labute approximate surface area is 193 Å². The number of amides is 2. The van der Waals surface area contributed by atoms with Gasteiger partial charge in [0.05, 0.1) is 17.7 Å². The number of ether oxygens (including phenoxy) is 1. The highest BCUT2D eigenvalue weighted by molar-refractivity contribution is 7.92. The van der Waals surface area contributed by atoms with Crippen molar-refractivity contribution in [2.75, 3.05) is 18.4 Å². The van der Waals surface area contributed by atoms with Crippen LogP contribution in [-0.4, -0.2) is 33.9 Å². The lowest BCUT2D eigenvalue weighted by Crippen LogP contribution is -2.30. The number of anilines is 1. The molecule has 172 valence electrons. The third-order valence-electron chi connectivity index (χ3n) is 4.73. The highest BCUT2D eigenvalue weighted by Crippen LogP contribution is 2.26. The van der Waals surface area contributed by atoms with E-state index >= 15 is 0 Å². The van der Waals surface area contributed by atoms with Crippen molar-refractivity contribution < 1.29 is 22.7 Å².